The zero-order valence-electron chi connectivity index (χ0n) is 16.7. The Hall–Kier alpha value is -0.0400. The molecule has 0 aromatic rings. The van der Waals surface area contributed by atoms with Crippen LogP contribution in [-0.4, -0.2) is 12.1 Å². The van der Waals surface area contributed by atoms with Crippen LogP contribution in [0.5, 0.6) is 0 Å². The fraction of sp³-hybridized carbons (Fsp3) is 1.00. The van der Waals surface area contributed by atoms with Gasteiger partial charge in [0.05, 0.1) is 0 Å². The molecule has 5 unspecified atom stereocenters. The number of fused-ring (bicyclic) bond motifs is 1. The summed E-state index contributed by atoms with van der Waals surface area (Å²) in [5.41, 5.74) is 0.568. The molecule has 2 aliphatic rings. The van der Waals surface area contributed by atoms with Crippen LogP contribution < -0.4 is 5.32 Å². The van der Waals surface area contributed by atoms with Gasteiger partial charge in [-0.15, -0.1) is 0 Å². The maximum absolute atomic E-state index is 4.14. The highest BCUT2D eigenvalue weighted by Gasteiger charge is 2.48. The molecule has 0 bridgehead atoms. The largest absolute Gasteiger partial charge is 0.311 e. The van der Waals surface area contributed by atoms with Crippen molar-refractivity contribution in [1.29, 1.82) is 0 Å². The third-order valence-corrected chi connectivity index (χ3v) is 7.14. The molecule has 1 saturated heterocycles. The van der Waals surface area contributed by atoms with Crippen LogP contribution in [-0.2, 0) is 0 Å². The summed E-state index contributed by atoms with van der Waals surface area (Å²) in [4.78, 5) is 0. The molecule has 1 aliphatic carbocycles. The Kier molecular flexibility index (Phi) is 7.45. The van der Waals surface area contributed by atoms with E-state index in [2.05, 4.69) is 39.9 Å². The minimum atomic E-state index is 0.568. The number of hydrogen-bond acceptors (Lipinski definition) is 1. The molecule has 0 radical (unpaired) electrons. The van der Waals surface area contributed by atoms with Gasteiger partial charge in [0, 0.05) is 12.1 Å². The van der Waals surface area contributed by atoms with Gasteiger partial charge in [0.1, 0.15) is 0 Å². The van der Waals surface area contributed by atoms with E-state index in [0.717, 1.165) is 29.8 Å². The summed E-state index contributed by atoms with van der Waals surface area (Å²) in [6, 6.07) is 1.56. The Balaban J connectivity index is 2.14. The molecule has 1 aliphatic heterocycles. The first-order chi connectivity index (χ1) is 11.0. The highest BCUT2D eigenvalue weighted by atomic mass is 15.0. The average molecular weight is 322 g/mol. The standard InChI is InChI=1S/C22H43N/c1-6-12-17(3)16-20-18(4)21-19(23-20)13-10-8-9-11-15-22(21,5)14-7-2/h17-21,23H,6-16H2,1-5H3/t17?,18?,19-,20?,21?,22?/m1/s1. The smallest absolute Gasteiger partial charge is 0.0106 e. The molecule has 0 spiro atoms. The van der Waals surface area contributed by atoms with Crippen molar-refractivity contribution in [3.63, 3.8) is 0 Å². The van der Waals surface area contributed by atoms with Gasteiger partial charge in [-0.2, -0.15) is 0 Å². The van der Waals surface area contributed by atoms with Gasteiger partial charge in [0.25, 0.3) is 0 Å². The topological polar surface area (TPSA) is 12.0 Å². The third kappa shape index (κ3) is 4.74. The van der Waals surface area contributed by atoms with E-state index in [1.165, 1.54) is 70.6 Å². The first-order valence-corrected chi connectivity index (χ1v) is 10.8. The fourth-order valence-corrected chi connectivity index (χ4v) is 6.13. The molecule has 6 atom stereocenters. The van der Waals surface area contributed by atoms with Crippen LogP contribution in [0.15, 0.2) is 0 Å². The highest BCUT2D eigenvalue weighted by molar-refractivity contribution is 5.03. The van der Waals surface area contributed by atoms with Crippen LogP contribution in [0.1, 0.15) is 105 Å². The molecule has 0 aromatic heterocycles. The van der Waals surface area contributed by atoms with E-state index in [9.17, 15) is 0 Å². The fourth-order valence-electron chi connectivity index (χ4n) is 6.13. The zero-order valence-corrected chi connectivity index (χ0v) is 16.7. The van der Waals surface area contributed by atoms with Crippen molar-refractivity contribution in [2.45, 2.75) is 117 Å². The molecule has 2 rings (SSSR count). The average Bonchev–Trinajstić information content (AvgIpc) is 2.82. The zero-order chi connectivity index (χ0) is 16.9. The number of nitrogens with one attached hydrogen (secondary N) is 1. The summed E-state index contributed by atoms with van der Waals surface area (Å²) in [6.45, 7) is 12.4. The van der Waals surface area contributed by atoms with Crippen LogP contribution in [0.4, 0.5) is 0 Å². The van der Waals surface area contributed by atoms with Gasteiger partial charge < -0.3 is 5.32 Å². The van der Waals surface area contributed by atoms with Crippen molar-refractivity contribution in [1.82, 2.24) is 5.32 Å². The van der Waals surface area contributed by atoms with Crippen molar-refractivity contribution < 1.29 is 0 Å². The maximum atomic E-state index is 4.14. The lowest BCUT2D eigenvalue weighted by molar-refractivity contribution is 0.0987. The van der Waals surface area contributed by atoms with Crippen LogP contribution in [0.2, 0.25) is 0 Å². The molecule has 2 fully saturated rings. The molecule has 0 aromatic carbocycles. The lowest BCUT2D eigenvalue weighted by Gasteiger charge is -2.41. The molecular weight excluding hydrogens is 278 g/mol. The SMILES string of the molecule is CCCC(C)CC1N[C@@H]2CCCCCCC(C)(CCC)C2C1C. The summed E-state index contributed by atoms with van der Waals surface area (Å²) in [5.74, 6) is 2.64. The van der Waals surface area contributed by atoms with Gasteiger partial charge in [-0.1, -0.05) is 79.6 Å². The first kappa shape index (κ1) is 19.3. The highest BCUT2D eigenvalue weighted by Crippen LogP contribution is 2.50. The van der Waals surface area contributed by atoms with Gasteiger partial charge >= 0.3 is 0 Å². The molecule has 1 heteroatoms. The predicted octanol–water partition coefficient (Wildman–Crippen LogP) is 6.57. The van der Waals surface area contributed by atoms with E-state index in [1.54, 1.807) is 0 Å². The minimum Gasteiger partial charge on any atom is -0.311 e. The van der Waals surface area contributed by atoms with E-state index >= 15 is 0 Å². The first-order valence-electron chi connectivity index (χ1n) is 10.8. The van der Waals surface area contributed by atoms with Crippen molar-refractivity contribution in [2.24, 2.45) is 23.2 Å². The van der Waals surface area contributed by atoms with Crippen molar-refractivity contribution in [3.8, 4) is 0 Å². The van der Waals surface area contributed by atoms with E-state index in [1.807, 2.05) is 0 Å². The molecular formula is C22H43N. The summed E-state index contributed by atoms with van der Waals surface area (Å²) in [6.07, 6.45) is 15.6. The second-order valence-electron chi connectivity index (χ2n) is 9.25. The Morgan fingerprint density at radius 1 is 1.09 bits per heavy atom. The summed E-state index contributed by atoms with van der Waals surface area (Å²) in [5, 5.41) is 4.14. The van der Waals surface area contributed by atoms with Crippen molar-refractivity contribution >= 4 is 0 Å². The second-order valence-corrected chi connectivity index (χ2v) is 9.25. The van der Waals surface area contributed by atoms with Crippen molar-refractivity contribution in [3.05, 3.63) is 0 Å². The molecule has 1 saturated carbocycles. The van der Waals surface area contributed by atoms with Gasteiger partial charge in [-0.25, -0.2) is 0 Å². The maximum Gasteiger partial charge on any atom is 0.0106 e. The molecule has 1 N–H and O–H groups in total. The lowest BCUT2D eigenvalue weighted by atomic mass is 9.63. The Morgan fingerprint density at radius 3 is 2.52 bits per heavy atom. The van der Waals surface area contributed by atoms with E-state index in [-0.39, 0.29) is 0 Å². The molecule has 136 valence electrons. The monoisotopic (exact) mass is 321 g/mol. The van der Waals surface area contributed by atoms with Crippen molar-refractivity contribution in [2.75, 3.05) is 0 Å². The lowest BCUT2D eigenvalue weighted by Crippen LogP contribution is -2.39. The molecule has 23 heavy (non-hydrogen) atoms. The summed E-state index contributed by atoms with van der Waals surface area (Å²) < 4.78 is 0. The molecule has 1 nitrogen and oxygen atoms in total. The predicted molar refractivity (Wildman–Crippen MR) is 103 cm³/mol. The van der Waals surface area contributed by atoms with Crippen LogP contribution in [0.3, 0.4) is 0 Å². The third-order valence-electron chi connectivity index (χ3n) is 7.14. The summed E-state index contributed by atoms with van der Waals surface area (Å²) in [7, 11) is 0. The number of rotatable bonds is 6. The normalized spacial score (nSPS) is 40.0. The Morgan fingerprint density at radius 2 is 1.83 bits per heavy atom. The quantitative estimate of drug-likeness (QED) is 0.583. The second kappa shape index (κ2) is 8.88. The van der Waals surface area contributed by atoms with Gasteiger partial charge in [-0.3, -0.25) is 0 Å². The Labute approximate surface area is 146 Å². The molecule has 0 amide bonds. The van der Waals surface area contributed by atoms with Crippen LogP contribution in [0.25, 0.3) is 0 Å². The van der Waals surface area contributed by atoms with Gasteiger partial charge in [-0.05, 0) is 48.9 Å². The van der Waals surface area contributed by atoms with E-state index in [0.29, 0.717) is 5.41 Å². The van der Waals surface area contributed by atoms with Gasteiger partial charge in [0.15, 0.2) is 0 Å². The van der Waals surface area contributed by atoms with Gasteiger partial charge in [0.2, 0.25) is 0 Å². The van der Waals surface area contributed by atoms with E-state index < -0.39 is 0 Å². The van der Waals surface area contributed by atoms with E-state index in [4.69, 9.17) is 0 Å². The number of hydrogen-bond donors (Lipinski definition) is 1. The van der Waals surface area contributed by atoms with Crippen LogP contribution in [0, 0.1) is 23.2 Å². The summed E-state index contributed by atoms with van der Waals surface area (Å²) >= 11 is 0. The van der Waals surface area contributed by atoms with Crippen LogP contribution >= 0.6 is 0 Å². The Bertz CT molecular complexity index is 339. The molecule has 1 heterocycles. The minimum absolute atomic E-state index is 0.568.